The van der Waals surface area contributed by atoms with Gasteiger partial charge in [-0.3, -0.25) is 0 Å². The Morgan fingerprint density at radius 2 is 1.89 bits per heavy atom. The number of hydrogen-bond donors (Lipinski definition) is 2. The zero-order valence-electron chi connectivity index (χ0n) is 16.3. The number of carbonyl (C=O) groups is 1. The van der Waals surface area contributed by atoms with Crippen LogP contribution in [0.2, 0.25) is 0 Å². The number of urea groups is 1. The van der Waals surface area contributed by atoms with Gasteiger partial charge in [0.05, 0.1) is 27.1 Å². The first-order valence-electron chi connectivity index (χ1n) is 8.90. The summed E-state index contributed by atoms with van der Waals surface area (Å²) in [5, 5.41) is 5.73. The summed E-state index contributed by atoms with van der Waals surface area (Å²) in [6, 6.07) is 8.45. The molecule has 0 fully saturated rings. The van der Waals surface area contributed by atoms with E-state index in [9.17, 15) is 4.79 Å². The summed E-state index contributed by atoms with van der Waals surface area (Å²) in [4.78, 5) is 12.3. The summed E-state index contributed by atoms with van der Waals surface area (Å²) in [5.74, 6) is 2.33. The third-order valence-electron chi connectivity index (χ3n) is 3.83. The number of carbonyl (C=O) groups excluding carboxylic acids is 1. The first kappa shape index (κ1) is 20.6. The molecule has 2 rings (SSSR count). The quantitative estimate of drug-likeness (QED) is 0.663. The summed E-state index contributed by atoms with van der Waals surface area (Å²) in [5.41, 5.74) is 0.897. The molecule has 0 bridgehead atoms. The van der Waals surface area contributed by atoms with Gasteiger partial charge in [0.25, 0.3) is 0 Å². The monoisotopic (exact) mass is 376 g/mol. The van der Waals surface area contributed by atoms with Crippen LogP contribution in [-0.2, 0) is 11.3 Å². The van der Waals surface area contributed by atoms with Gasteiger partial charge in [-0.25, -0.2) is 4.79 Å². The summed E-state index contributed by atoms with van der Waals surface area (Å²) < 4.78 is 21.6. The van der Waals surface area contributed by atoms with Crippen LogP contribution in [-0.4, -0.2) is 33.5 Å². The van der Waals surface area contributed by atoms with Gasteiger partial charge in [-0.15, -0.1) is 0 Å². The van der Waals surface area contributed by atoms with E-state index in [0.717, 1.165) is 5.56 Å². The van der Waals surface area contributed by atoms with E-state index >= 15 is 0 Å². The summed E-state index contributed by atoms with van der Waals surface area (Å²) in [6.45, 7) is 5.46. The van der Waals surface area contributed by atoms with Gasteiger partial charge in [0.1, 0.15) is 11.8 Å². The minimum Gasteiger partial charge on any atom is -0.493 e. The zero-order valence-corrected chi connectivity index (χ0v) is 16.3. The van der Waals surface area contributed by atoms with Crippen LogP contribution in [0.5, 0.6) is 11.5 Å². The standard InChI is InChI=1S/C20H28N2O5/c1-14(2)12-26-13-16(17-6-5-9-27-17)22-20(23)21-11-15-7-8-18(24-3)19(10-15)25-4/h5-10,14,16H,11-13H2,1-4H3,(H2,21,22,23). The lowest BCUT2D eigenvalue weighted by molar-refractivity contribution is 0.0868. The van der Waals surface area contributed by atoms with Gasteiger partial charge in [-0.1, -0.05) is 19.9 Å². The number of ether oxygens (including phenoxy) is 3. The third kappa shape index (κ3) is 6.53. The molecular formula is C20H28N2O5. The van der Waals surface area contributed by atoms with Gasteiger partial charge in [0, 0.05) is 13.2 Å². The lowest BCUT2D eigenvalue weighted by Gasteiger charge is -2.18. The molecule has 7 heteroatoms. The fourth-order valence-corrected chi connectivity index (χ4v) is 2.49. The van der Waals surface area contributed by atoms with Crippen molar-refractivity contribution in [3.05, 3.63) is 47.9 Å². The van der Waals surface area contributed by atoms with Gasteiger partial charge in [-0.2, -0.15) is 0 Å². The molecule has 7 nitrogen and oxygen atoms in total. The highest BCUT2D eigenvalue weighted by atomic mass is 16.5. The molecule has 0 saturated heterocycles. The Bertz CT molecular complexity index is 700. The molecule has 0 aliphatic rings. The SMILES string of the molecule is COc1ccc(CNC(=O)NC(COCC(C)C)c2ccco2)cc1OC. The molecule has 2 amide bonds. The Morgan fingerprint density at radius 1 is 1.11 bits per heavy atom. The van der Waals surface area contributed by atoms with Crippen molar-refractivity contribution >= 4 is 6.03 Å². The molecule has 0 radical (unpaired) electrons. The second-order valence-corrected chi connectivity index (χ2v) is 6.52. The summed E-state index contributed by atoms with van der Waals surface area (Å²) in [7, 11) is 3.16. The number of nitrogens with one attached hydrogen (secondary N) is 2. The number of amides is 2. The molecule has 2 N–H and O–H groups in total. The number of rotatable bonds is 10. The van der Waals surface area contributed by atoms with E-state index in [1.165, 1.54) is 0 Å². The first-order valence-corrected chi connectivity index (χ1v) is 8.90. The van der Waals surface area contributed by atoms with Crippen molar-refractivity contribution in [3.63, 3.8) is 0 Å². The molecule has 1 aromatic heterocycles. The van der Waals surface area contributed by atoms with Gasteiger partial charge in [0.2, 0.25) is 0 Å². The van der Waals surface area contributed by atoms with Crippen molar-refractivity contribution in [2.24, 2.45) is 5.92 Å². The normalized spacial score (nSPS) is 11.9. The highest BCUT2D eigenvalue weighted by molar-refractivity contribution is 5.74. The minimum atomic E-state index is -0.357. The van der Waals surface area contributed by atoms with E-state index in [2.05, 4.69) is 24.5 Å². The van der Waals surface area contributed by atoms with Crippen LogP contribution in [0.15, 0.2) is 41.0 Å². The van der Waals surface area contributed by atoms with Gasteiger partial charge < -0.3 is 29.3 Å². The number of hydrogen-bond acceptors (Lipinski definition) is 5. The van der Waals surface area contributed by atoms with E-state index in [1.54, 1.807) is 32.6 Å². The van der Waals surface area contributed by atoms with Crippen molar-refractivity contribution < 1.29 is 23.4 Å². The molecule has 0 saturated carbocycles. The van der Waals surface area contributed by atoms with Crippen molar-refractivity contribution in [1.82, 2.24) is 10.6 Å². The Balaban J connectivity index is 1.91. The van der Waals surface area contributed by atoms with Crippen LogP contribution < -0.4 is 20.1 Å². The molecule has 0 aliphatic heterocycles. The molecule has 1 atom stereocenters. The number of benzene rings is 1. The van der Waals surface area contributed by atoms with Gasteiger partial charge in [-0.05, 0) is 35.7 Å². The van der Waals surface area contributed by atoms with Crippen molar-refractivity contribution in [3.8, 4) is 11.5 Å². The van der Waals surface area contributed by atoms with E-state index in [1.807, 2.05) is 18.2 Å². The van der Waals surface area contributed by atoms with Gasteiger partial charge >= 0.3 is 6.03 Å². The second kappa shape index (κ2) is 10.5. The molecule has 27 heavy (non-hydrogen) atoms. The maximum Gasteiger partial charge on any atom is 0.315 e. The van der Waals surface area contributed by atoms with Crippen molar-refractivity contribution in [1.29, 1.82) is 0 Å². The third-order valence-corrected chi connectivity index (χ3v) is 3.83. The summed E-state index contributed by atoms with van der Waals surface area (Å²) in [6.07, 6.45) is 1.58. The van der Waals surface area contributed by atoms with Crippen molar-refractivity contribution in [2.45, 2.75) is 26.4 Å². The molecule has 1 heterocycles. The molecular weight excluding hydrogens is 348 g/mol. The predicted molar refractivity (Wildman–Crippen MR) is 102 cm³/mol. The summed E-state index contributed by atoms with van der Waals surface area (Å²) >= 11 is 0. The minimum absolute atomic E-state index is 0.306. The zero-order chi connectivity index (χ0) is 19.6. The van der Waals surface area contributed by atoms with Crippen LogP contribution in [0.25, 0.3) is 0 Å². The average Bonchev–Trinajstić information content (AvgIpc) is 3.19. The van der Waals surface area contributed by atoms with Crippen molar-refractivity contribution in [2.75, 3.05) is 27.4 Å². The lowest BCUT2D eigenvalue weighted by Crippen LogP contribution is -2.39. The maximum absolute atomic E-state index is 12.3. The number of furan rings is 1. The average molecular weight is 376 g/mol. The Hall–Kier alpha value is -2.67. The number of methoxy groups -OCH3 is 2. The highest BCUT2D eigenvalue weighted by Gasteiger charge is 2.18. The fourth-order valence-electron chi connectivity index (χ4n) is 2.49. The molecule has 1 aromatic carbocycles. The second-order valence-electron chi connectivity index (χ2n) is 6.52. The van der Waals surface area contributed by atoms with E-state index in [4.69, 9.17) is 18.6 Å². The first-order chi connectivity index (χ1) is 13.0. The van der Waals surface area contributed by atoms with Crippen LogP contribution in [0.4, 0.5) is 4.79 Å². The van der Waals surface area contributed by atoms with E-state index in [0.29, 0.717) is 42.9 Å². The molecule has 1 unspecified atom stereocenters. The lowest BCUT2D eigenvalue weighted by atomic mass is 10.2. The Labute approximate surface area is 160 Å². The van der Waals surface area contributed by atoms with Crippen LogP contribution in [0, 0.1) is 5.92 Å². The molecule has 0 spiro atoms. The Kier molecular flexibility index (Phi) is 8.00. The topological polar surface area (TPSA) is 82.0 Å². The Morgan fingerprint density at radius 3 is 2.52 bits per heavy atom. The van der Waals surface area contributed by atoms with Gasteiger partial charge in [0.15, 0.2) is 11.5 Å². The molecule has 2 aromatic rings. The van der Waals surface area contributed by atoms with Crippen LogP contribution in [0.1, 0.15) is 31.2 Å². The fraction of sp³-hybridized carbons (Fsp3) is 0.450. The predicted octanol–water partition coefficient (Wildman–Crippen LogP) is 3.51. The largest absolute Gasteiger partial charge is 0.493 e. The van der Waals surface area contributed by atoms with Crippen LogP contribution in [0.3, 0.4) is 0 Å². The molecule has 0 aliphatic carbocycles. The van der Waals surface area contributed by atoms with Crippen LogP contribution >= 0.6 is 0 Å². The van der Waals surface area contributed by atoms with E-state index < -0.39 is 0 Å². The maximum atomic E-state index is 12.3. The highest BCUT2D eigenvalue weighted by Crippen LogP contribution is 2.27. The molecule has 148 valence electrons. The smallest absolute Gasteiger partial charge is 0.315 e. The van der Waals surface area contributed by atoms with E-state index in [-0.39, 0.29) is 12.1 Å².